The molecule has 1 saturated heterocycles. The van der Waals surface area contributed by atoms with Gasteiger partial charge >= 0.3 is 0 Å². The van der Waals surface area contributed by atoms with Gasteiger partial charge in [-0.15, -0.1) is 0 Å². The lowest BCUT2D eigenvalue weighted by atomic mass is 10.0. The fourth-order valence-electron chi connectivity index (χ4n) is 4.40. The first-order valence-corrected chi connectivity index (χ1v) is 12.2. The van der Waals surface area contributed by atoms with Gasteiger partial charge in [-0.1, -0.05) is 62.4 Å². The van der Waals surface area contributed by atoms with Gasteiger partial charge in [0.25, 0.3) is 0 Å². The van der Waals surface area contributed by atoms with Crippen LogP contribution >= 0.6 is 0 Å². The summed E-state index contributed by atoms with van der Waals surface area (Å²) in [6.45, 7) is 8.30. The first-order chi connectivity index (χ1) is 16.1. The molecule has 5 nitrogen and oxygen atoms in total. The van der Waals surface area contributed by atoms with E-state index in [4.69, 9.17) is 4.42 Å². The summed E-state index contributed by atoms with van der Waals surface area (Å²) in [7, 11) is 0. The molecule has 33 heavy (non-hydrogen) atoms. The van der Waals surface area contributed by atoms with Gasteiger partial charge in [0.05, 0.1) is 6.20 Å². The Morgan fingerprint density at radius 3 is 2.52 bits per heavy atom. The highest BCUT2D eigenvalue weighted by molar-refractivity contribution is 5.76. The molecular weight excluding hydrogens is 410 g/mol. The van der Waals surface area contributed by atoms with Crippen LogP contribution in [-0.2, 0) is 30.7 Å². The van der Waals surface area contributed by atoms with E-state index in [0.717, 1.165) is 24.3 Å². The van der Waals surface area contributed by atoms with Crippen molar-refractivity contribution in [3.63, 3.8) is 0 Å². The maximum Gasteiger partial charge on any atom is 0.220 e. The molecule has 5 heteroatoms. The second-order valence-electron chi connectivity index (χ2n) is 9.44. The lowest BCUT2D eigenvalue weighted by molar-refractivity contribution is -0.121. The summed E-state index contributed by atoms with van der Waals surface area (Å²) in [5.41, 5.74) is 4.83. The molecule has 174 valence electrons. The Kier molecular flexibility index (Phi) is 7.95. The number of nitrogens with one attached hydrogen (secondary N) is 1. The van der Waals surface area contributed by atoms with Gasteiger partial charge in [-0.05, 0) is 55.0 Å². The molecule has 1 amide bonds. The lowest BCUT2D eigenvalue weighted by Gasteiger charge is -2.17. The fourth-order valence-corrected chi connectivity index (χ4v) is 4.40. The third-order valence-electron chi connectivity index (χ3n) is 6.19. The van der Waals surface area contributed by atoms with Crippen LogP contribution in [0.2, 0.25) is 0 Å². The number of carbonyl (C=O) groups is 1. The monoisotopic (exact) mass is 445 g/mol. The van der Waals surface area contributed by atoms with E-state index in [-0.39, 0.29) is 5.91 Å². The second kappa shape index (κ2) is 11.3. The Morgan fingerprint density at radius 1 is 1.06 bits per heavy atom. The molecule has 1 aromatic heterocycles. The number of aryl methyl sites for hydroxylation is 1. The van der Waals surface area contributed by atoms with Crippen molar-refractivity contribution < 1.29 is 9.21 Å². The van der Waals surface area contributed by atoms with Crippen LogP contribution in [0.25, 0.3) is 11.3 Å². The highest BCUT2D eigenvalue weighted by Crippen LogP contribution is 2.22. The SMILES string of the molecule is CC(C)Cc1ccc(-c2cnc(CCC(=O)NCc3ccccc3CN3CCCC3)o2)cc1. The summed E-state index contributed by atoms with van der Waals surface area (Å²) in [4.78, 5) is 19.3. The van der Waals surface area contributed by atoms with E-state index in [2.05, 4.69) is 71.5 Å². The van der Waals surface area contributed by atoms with E-state index in [9.17, 15) is 4.79 Å². The van der Waals surface area contributed by atoms with Crippen LogP contribution in [0.4, 0.5) is 0 Å². The molecule has 0 saturated carbocycles. The van der Waals surface area contributed by atoms with Crippen LogP contribution in [0, 0.1) is 5.92 Å². The van der Waals surface area contributed by atoms with Gasteiger partial charge in [0, 0.05) is 31.5 Å². The second-order valence-corrected chi connectivity index (χ2v) is 9.44. The summed E-state index contributed by atoms with van der Waals surface area (Å²) < 4.78 is 5.90. The summed E-state index contributed by atoms with van der Waals surface area (Å²) in [5.74, 6) is 2.00. The number of carbonyl (C=O) groups excluding carboxylic acids is 1. The third-order valence-corrected chi connectivity index (χ3v) is 6.19. The molecule has 1 aliphatic heterocycles. The van der Waals surface area contributed by atoms with Gasteiger partial charge in [0.15, 0.2) is 11.7 Å². The van der Waals surface area contributed by atoms with Crippen LogP contribution in [-0.4, -0.2) is 28.9 Å². The van der Waals surface area contributed by atoms with Gasteiger partial charge in [-0.25, -0.2) is 4.98 Å². The maximum absolute atomic E-state index is 12.5. The molecule has 1 fully saturated rings. The van der Waals surface area contributed by atoms with Crippen molar-refractivity contribution >= 4 is 5.91 Å². The average molecular weight is 446 g/mol. The molecule has 2 aromatic carbocycles. The number of oxazole rings is 1. The largest absolute Gasteiger partial charge is 0.441 e. The lowest BCUT2D eigenvalue weighted by Crippen LogP contribution is -2.25. The average Bonchev–Trinajstić information content (AvgIpc) is 3.49. The van der Waals surface area contributed by atoms with Gasteiger partial charge in [0.2, 0.25) is 5.91 Å². The zero-order chi connectivity index (χ0) is 23.0. The van der Waals surface area contributed by atoms with Crippen LogP contribution in [0.1, 0.15) is 55.7 Å². The summed E-state index contributed by atoms with van der Waals surface area (Å²) >= 11 is 0. The van der Waals surface area contributed by atoms with E-state index in [1.807, 2.05) is 6.07 Å². The van der Waals surface area contributed by atoms with Crippen LogP contribution in [0.5, 0.6) is 0 Å². The Bertz CT molecular complexity index is 1030. The van der Waals surface area contributed by atoms with Crippen LogP contribution in [0.15, 0.2) is 59.1 Å². The Hall–Kier alpha value is -2.92. The number of rotatable bonds is 10. The molecule has 4 rings (SSSR count). The summed E-state index contributed by atoms with van der Waals surface area (Å²) in [5, 5.41) is 3.07. The molecule has 3 aromatic rings. The molecule has 0 aliphatic carbocycles. The standard InChI is InChI=1S/C28H35N3O2/c1-21(2)17-22-9-11-23(12-10-22)26-19-30-28(33-26)14-13-27(32)29-18-24-7-3-4-8-25(24)20-31-15-5-6-16-31/h3-4,7-12,19,21H,5-6,13-18,20H2,1-2H3,(H,29,32). The van der Waals surface area contributed by atoms with Crippen molar-refractivity contribution in [3.05, 3.63) is 77.3 Å². The van der Waals surface area contributed by atoms with Gasteiger partial charge in [-0.3, -0.25) is 9.69 Å². The van der Waals surface area contributed by atoms with Gasteiger partial charge < -0.3 is 9.73 Å². The molecule has 1 aliphatic rings. The highest BCUT2D eigenvalue weighted by atomic mass is 16.4. The normalized spacial score (nSPS) is 14.2. The van der Waals surface area contributed by atoms with Crippen molar-refractivity contribution in [1.82, 2.24) is 15.2 Å². The zero-order valence-electron chi connectivity index (χ0n) is 19.8. The number of hydrogen-bond donors (Lipinski definition) is 1. The van der Waals surface area contributed by atoms with Crippen molar-refractivity contribution in [3.8, 4) is 11.3 Å². The molecule has 0 spiro atoms. The number of amides is 1. The van der Waals surface area contributed by atoms with Crippen molar-refractivity contribution in [2.24, 2.45) is 5.92 Å². The van der Waals surface area contributed by atoms with E-state index in [1.165, 1.54) is 42.6 Å². The summed E-state index contributed by atoms with van der Waals surface area (Å²) in [6, 6.07) is 16.8. The molecule has 0 radical (unpaired) electrons. The van der Waals surface area contributed by atoms with Crippen molar-refractivity contribution in [1.29, 1.82) is 0 Å². The van der Waals surface area contributed by atoms with E-state index < -0.39 is 0 Å². The predicted octanol–water partition coefficient (Wildman–Crippen LogP) is 5.38. The molecule has 2 heterocycles. The summed E-state index contributed by atoms with van der Waals surface area (Å²) in [6.07, 6.45) is 6.24. The minimum absolute atomic E-state index is 0.0174. The topological polar surface area (TPSA) is 58.4 Å². The highest BCUT2D eigenvalue weighted by Gasteiger charge is 2.14. The minimum Gasteiger partial charge on any atom is -0.441 e. The first kappa shape index (κ1) is 23.2. The van der Waals surface area contributed by atoms with Gasteiger partial charge in [-0.2, -0.15) is 0 Å². The number of nitrogens with zero attached hydrogens (tertiary/aromatic N) is 2. The quantitative estimate of drug-likeness (QED) is 0.455. The molecule has 1 N–H and O–H groups in total. The fraction of sp³-hybridized carbons (Fsp3) is 0.429. The third kappa shape index (κ3) is 6.78. The van der Waals surface area contributed by atoms with Crippen molar-refractivity contribution in [2.75, 3.05) is 13.1 Å². The van der Waals surface area contributed by atoms with Crippen LogP contribution < -0.4 is 5.32 Å². The first-order valence-electron chi connectivity index (χ1n) is 12.2. The Balaban J connectivity index is 1.26. The number of aromatic nitrogens is 1. The van der Waals surface area contributed by atoms with E-state index >= 15 is 0 Å². The smallest absolute Gasteiger partial charge is 0.220 e. The minimum atomic E-state index is 0.0174. The van der Waals surface area contributed by atoms with Crippen molar-refractivity contribution in [2.45, 2.75) is 59.0 Å². The van der Waals surface area contributed by atoms with E-state index in [1.54, 1.807) is 6.20 Å². The van der Waals surface area contributed by atoms with Gasteiger partial charge in [0.1, 0.15) is 0 Å². The Morgan fingerprint density at radius 2 is 1.79 bits per heavy atom. The molecular formula is C28H35N3O2. The maximum atomic E-state index is 12.5. The molecule has 0 bridgehead atoms. The molecule has 0 unspecified atom stereocenters. The zero-order valence-corrected chi connectivity index (χ0v) is 19.8. The molecule has 0 atom stereocenters. The number of likely N-dealkylation sites (tertiary alicyclic amines) is 1. The predicted molar refractivity (Wildman–Crippen MR) is 132 cm³/mol. The number of benzene rings is 2. The van der Waals surface area contributed by atoms with E-state index in [0.29, 0.717) is 31.2 Å². The Labute approximate surface area is 197 Å². The number of hydrogen-bond acceptors (Lipinski definition) is 4. The van der Waals surface area contributed by atoms with Crippen LogP contribution in [0.3, 0.4) is 0 Å².